The summed E-state index contributed by atoms with van der Waals surface area (Å²) < 4.78 is 0. The molecule has 6 nitrogen and oxygen atoms in total. The molecule has 1 aliphatic rings. The van der Waals surface area contributed by atoms with Crippen molar-refractivity contribution in [1.82, 2.24) is 15.8 Å². The molecule has 1 saturated heterocycles. The van der Waals surface area contributed by atoms with Crippen molar-refractivity contribution < 1.29 is 14.7 Å². The first kappa shape index (κ1) is 11.9. The number of nitrogens with zero attached hydrogens (tertiary/aromatic N) is 1. The van der Waals surface area contributed by atoms with Crippen LogP contribution in [0.3, 0.4) is 0 Å². The molecule has 2 amide bonds. The Kier molecular flexibility index (Phi) is 4.51. The molecular formula is C9H17N3O3. The Morgan fingerprint density at radius 3 is 2.47 bits per heavy atom. The molecule has 0 unspecified atom stereocenters. The molecule has 0 radical (unpaired) electrons. The Labute approximate surface area is 88.6 Å². The third-order valence-corrected chi connectivity index (χ3v) is 2.30. The fraction of sp³-hybridized carbons (Fsp3) is 0.778. The first-order chi connectivity index (χ1) is 7.08. The van der Waals surface area contributed by atoms with E-state index in [1.807, 2.05) is 4.90 Å². The Morgan fingerprint density at radius 2 is 1.93 bits per heavy atom. The monoisotopic (exact) mass is 215 g/mol. The summed E-state index contributed by atoms with van der Waals surface area (Å²) in [5, 5.41) is 9.25. The molecule has 3 N–H and O–H groups in total. The summed E-state index contributed by atoms with van der Waals surface area (Å²) >= 11 is 0. The van der Waals surface area contributed by atoms with Crippen molar-refractivity contribution in [1.29, 1.82) is 0 Å². The first-order valence-corrected chi connectivity index (χ1v) is 5.04. The maximum atomic E-state index is 11.3. The summed E-state index contributed by atoms with van der Waals surface area (Å²) in [6.45, 7) is 3.02. The highest BCUT2D eigenvalue weighted by atomic mass is 16.3. The number of hydrogen-bond donors (Lipinski definition) is 3. The van der Waals surface area contributed by atoms with Gasteiger partial charge in [0.2, 0.25) is 5.91 Å². The lowest BCUT2D eigenvalue weighted by molar-refractivity contribution is -0.128. The van der Waals surface area contributed by atoms with Gasteiger partial charge in [0.05, 0.1) is 12.6 Å². The van der Waals surface area contributed by atoms with Gasteiger partial charge >= 0.3 is 0 Å². The van der Waals surface area contributed by atoms with Gasteiger partial charge in [-0.05, 0) is 12.8 Å². The predicted octanol–water partition coefficient (Wildman–Crippen LogP) is -1.39. The van der Waals surface area contributed by atoms with Crippen LogP contribution in [0.4, 0.5) is 0 Å². The zero-order valence-electron chi connectivity index (χ0n) is 8.82. The third kappa shape index (κ3) is 4.75. The van der Waals surface area contributed by atoms with Gasteiger partial charge in [0.1, 0.15) is 0 Å². The molecule has 0 atom stereocenters. The van der Waals surface area contributed by atoms with Crippen molar-refractivity contribution in [3.05, 3.63) is 0 Å². The number of hydrogen-bond acceptors (Lipinski definition) is 4. The summed E-state index contributed by atoms with van der Waals surface area (Å²) in [4.78, 5) is 23.7. The number of carbonyl (C=O) groups is 2. The van der Waals surface area contributed by atoms with E-state index < -0.39 is 0 Å². The summed E-state index contributed by atoms with van der Waals surface area (Å²) in [5.41, 5.74) is 4.53. The number of aliphatic hydroxyl groups excluding tert-OH is 1. The minimum atomic E-state index is -0.294. The van der Waals surface area contributed by atoms with E-state index in [-0.39, 0.29) is 24.5 Å². The van der Waals surface area contributed by atoms with Crippen LogP contribution in [-0.4, -0.2) is 47.6 Å². The standard InChI is InChI=1S/C9H17N3O3/c1-7(13)10-11-9(15)6-12-4-2-8(14)3-5-12/h8,14H,2-6H2,1H3,(H,10,13)(H,11,15). The molecule has 1 rings (SSSR count). The van der Waals surface area contributed by atoms with Gasteiger partial charge in [0.25, 0.3) is 5.91 Å². The molecule has 1 heterocycles. The van der Waals surface area contributed by atoms with Crippen molar-refractivity contribution >= 4 is 11.8 Å². The van der Waals surface area contributed by atoms with E-state index in [0.29, 0.717) is 25.9 Å². The number of rotatable bonds is 2. The van der Waals surface area contributed by atoms with E-state index in [1.54, 1.807) is 0 Å². The van der Waals surface area contributed by atoms with Crippen LogP contribution in [0.15, 0.2) is 0 Å². The molecule has 0 spiro atoms. The van der Waals surface area contributed by atoms with Gasteiger partial charge in [-0.3, -0.25) is 25.3 Å². The number of amides is 2. The first-order valence-electron chi connectivity index (χ1n) is 5.04. The number of nitrogens with one attached hydrogen (secondary N) is 2. The van der Waals surface area contributed by atoms with Gasteiger partial charge in [-0.15, -0.1) is 0 Å². The molecule has 15 heavy (non-hydrogen) atoms. The lowest BCUT2D eigenvalue weighted by Crippen LogP contribution is -2.47. The smallest absolute Gasteiger partial charge is 0.252 e. The molecule has 0 aromatic carbocycles. The van der Waals surface area contributed by atoms with Gasteiger partial charge in [-0.25, -0.2) is 0 Å². The Morgan fingerprint density at radius 1 is 1.33 bits per heavy atom. The average Bonchev–Trinajstić information content (AvgIpc) is 2.19. The van der Waals surface area contributed by atoms with Gasteiger partial charge in [0, 0.05) is 20.0 Å². The Hall–Kier alpha value is -1.14. The van der Waals surface area contributed by atoms with Crippen LogP contribution in [0, 0.1) is 0 Å². The molecule has 86 valence electrons. The molecule has 0 aromatic heterocycles. The zero-order valence-corrected chi connectivity index (χ0v) is 8.82. The lowest BCUT2D eigenvalue weighted by atomic mass is 10.1. The van der Waals surface area contributed by atoms with E-state index in [2.05, 4.69) is 10.9 Å². The van der Waals surface area contributed by atoms with Crippen LogP contribution in [0.25, 0.3) is 0 Å². The molecule has 1 fully saturated rings. The number of carbonyl (C=O) groups excluding carboxylic acids is 2. The molecule has 0 aromatic rings. The highest BCUT2D eigenvalue weighted by molar-refractivity contribution is 5.81. The molecule has 0 aliphatic carbocycles. The van der Waals surface area contributed by atoms with Crippen molar-refractivity contribution in [2.75, 3.05) is 19.6 Å². The molecular weight excluding hydrogens is 198 g/mol. The molecule has 0 saturated carbocycles. The van der Waals surface area contributed by atoms with E-state index >= 15 is 0 Å². The zero-order chi connectivity index (χ0) is 11.3. The number of aliphatic hydroxyl groups is 1. The quantitative estimate of drug-likeness (QED) is 0.495. The van der Waals surface area contributed by atoms with E-state index in [4.69, 9.17) is 0 Å². The van der Waals surface area contributed by atoms with Gasteiger partial charge in [-0.1, -0.05) is 0 Å². The van der Waals surface area contributed by atoms with Crippen molar-refractivity contribution in [3.8, 4) is 0 Å². The second-order valence-corrected chi connectivity index (χ2v) is 3.74. The summed E-state index contributed by atoms with van der Waals surface area (Å²) in [5.74, 6) is -0.529. The maximum Gasteiger partial charge on any atom is 0.252 e. The molecule has 6 heteroatoms. The van der Waals surface area contributed by atoms with E-state index in [0.717, 1.165) is 0 Å². The maximum absolute atomic E-state index is 11.3. The average molecular weight is 215 g/mol. The highest BCUT2D eigenvalue weighted by Gasteiger charge is 2.18. The minimum absolute atomic E-state index is 0.235. The lowest BCUT2D eigenvalue weighted by Gasteiger charge is -2.28. The van der Waals surface area contributed by atoms with Gasteiger partial charge in [0.15, 0.2) is 0 Å². The van der Waals surface area contributed by atoms with Crippen LogP contribution in [0.2, 0.25) is 0 Å². The van der Waals surface area contributed by atoms with Crippen molar-refractivity contribution in [2.45, 2.75) is 25.9 Å². The van der Waals surface area contributed by atoms with Crippen LogP contribution in [-0.2, 0) is 9.59 Å². The SMILES string of the molecule is CC(=O)NNC(=O)CN1CCC(O)CC1. The number of likely N-dealkylation sites (tertiary alicyclic amines) is 1. The summed E-state index contributed by atoms with van der Waals surface area (Å²) in [7, 11) is 0. The second-order valence-electron chi connectivity index (χ2n) is 3.74. The number of piperidine rings is 1. The molecule has 1 aliphatic heterocycles. The second kappa shape index (κ2) is 5.67. The van der Waals surface area contributed by atoms with Crippen LogP contribution in [0.1, 0.15) is 19.8 Å². The van der Waals surface area contributed by atoms with Gasteiger partial charge < -0.3 is 5.11 Å². The summed E-state index contributed by atoms with van der Waals surface area (Å²) in [6, 6.07) is 0. The van der Waals surface area contributed by atoms with Crippen LogP contribution < -0.4 is 10.9 Å². The van der Waals surface area contributed by atoms with E-state index in [9.17, 15) is 14.7 Å². The topological polar surface area (TPSA) is 81.7 Å². The summed E-state index contributed by atoms with van der Waals surface area (Å²) in [6.07, 6.45) is 1.17. The fourth-order valence-corrected chi connectivity index (χ4v) is 1.48. The van der Waals surface area contributed by atoms with Crippen LogP contribution >= 0.6 is 0 Å². The Bertz CT molecular complexity index is 237. The third-order valence-electron chi connectivity index (χ3n) is 2.30. The Balaban J connectivity index is 2.17. The van der Waals surface area contributed by atoms with E-state index in [1.165, 1.54) is 6.92 Å². The fourth-order valence-electron chi connectivity index (χ4n) is 1.48. The van der Waals surface area contributed by atoms with Crippen LogP contribution in [0.5, 0.6) is 0 Å². The molecule has 0 bridgehead atoms. The predicted molar refractivity (Wildman–Crippen MR) is 53.6 cm³/mol. The number of hydrazine groups is 1. The van der Waals surface area contributed by atoms with Crippen molar-refractivity contribution in [3.63, 3.8) is 0 Å². The highest BCUT2D eigenvalue weighted by Crippen LogP contribution is 2.08. The largest absolute Gasteiger partial charge is 0.393 e. The normalized spacial score (nSPS) is 18.5. The van der Waals surface area contributed by atoms with Crippen molar-refractivity contribution in [2.24, 2.45) is 0 Å². The minimum Gasteiger partial charge on any atom is -0.393 e. The van der Waals surface area contributed by atoms with Gasteiger partial charge in [-0.2, -0.15) is 0 Å².